The number of guanidine groups is 3. The topological polar surface area (TPSA) is 717 Å². The van der Waals surface area contributed by atoms with Crippen molar-refractivity contribution in [3.63, 3.8) is 0 Å². The highest BCUT2D eigenvalue weighted by atomic mass is 32.1. The predicted octanol–water partition coefficient (Wildman–Crippen LogP) is -8.55. The van der Waals surface area contributed by atoms with Crippen molar-refractivity contribution in [3.05, 3.63) is 71.8 Å². The largest absolute Gasteiger partial charge is 0.481 e. The maximum Gasteiger partial charge on any atom is 0.305 e. The molecule has 0 aromatic heterocycles. The van der Waals surface area contributed by atoms with E-state index >= 15 is 0 Å². The lowest BCUT2D eigenvalue weighted by molar-refractivity contribution is -0.142. The molecule has 0 heterocycles. The molecule has 0 aliphatic heterocycles. The fourth-order valence-electron chi connectivity index (χ4n) is 11.1. The van der Waals surface area contributed by atoms with Gasteiger partial charge < -0.3 is 133 Å². The summed E-state index contributed by atoms with van der Waals surface area (Å²) in [6.07, 6.45) is -0.422. The number of nitrogens with two attached hydrogens (primary N) is 3. The number of nitrogens with one attached hydrogen (secondary N) is 21. The van der Waals surface area contributed by atoms with E-state index in [0.717, 1.165) is 6.92 Å². The molecule has 15 amide bonds. The van der Waals surface area contributed by atoms with Crippen LogP contribution in [0.2, 0.25) is 0 Å². The van der Waals surface area contributed by atoms with Crippen LogP contribution in [0.15, 0.2) is 60.7 Å². The normalized spacial score (nSPS) is 14.6. The van der Waals surface area contributed by atoms with E-state index in [9.17, 15) is 96.8 Å². The van der Waals surface area contributed by atoms with Crippen molar-refractivity contribution in [3.8, 4) is 0 Å². The second-order valence-corrected chi connectivity index (χ2v) is 28.4. The lowest BCUT2D eigenvalue weighted by atomic mass is 9.96. The fourth-order valence-corrected chi connectivity index (χ4v) is 11.6. The first-order valence-corrected chi connectivity index (χ1v) is 39.5. The first-order chi connectivity index (χ1) is 56.3. The zero-order valence-corrected chi connectivity index (χ0v) is 68.9. The smallest absolute Gasteiger partial charge is 0.305 e. The molecule has 44 nitrogen and oxygen atoms in total. The summed E-state index contributed by atoms with van der Waals surface area (Å²) in [5, 5.41) is 96.2. The van der Waals surface area contributed by atoms with E-state index < -0.39 is 230 Å². The zero-order valence-electron chi connectivity index (χ0n) is 67.1. The van der Waals surface area contributed by atoms with Crippen LogP contribution in [0.5, 0.6) is 0 Å². The predicted molar refractivity (Wildman–Crippen MR) is 439 cm³/mol. The Kier molecular flexibility index (Phi) is 48.2. The van der Waals surface area contributed by atoms with Crippen LogP contribution in [0.3, 0.4) is 0 Å². The summed E-state index contributed by atoms with van der Waals surface area (Å²) in [6, 6.07) is -2.68. The third kappa shape index (κ3) is 40.2. The van der Waals surface area contributed by atoms with Crippen molar-refractivity contribution in [1.82, 2.24) is 95.7 Å². The molecular weight excluding hydrogens is 1600 g/mol. The van der Waals surface area contributed by atoms with Crippen molar-refractivity contribution < 1.29 is 96.8 Å². The second kappa shape index (κ2) is 55.6. The number of aliphatic hydroxyl groups excluding tert-OH is 2. The van der Waals surface area contributed by atoms with Gasteiger partial charge in [0.25, 0.3) is 0 Å². The lowest BCUT2D eigenvalue weighted by Crippen LogP contribution is -2.62. The number of carbonyl (C=O) groups is 17. The van der Waals surface area contributed by atoms with Crippen molar-refractivity contribution >= 4 is 144 Å². The zero-order chi connectivity index (χ0) is 89.4. The van der Waals surface area contributed by atoms with E-state index in [1.54, 1.807) is 81.4 Å². The van der Waals surface area contributed by atoms with Gasteiger partial charge >= 0.3 is 5.97 Å². The molecule has 0 saturated carbocycles. The highest BCUT2D eigenvalue weighted by Gasteiger charge is 2.39. The van der Waals surface area contributed by atoms with E-state index in [-0.39, 0.29) is 94.9 Å². The number of carboxylic acids is 1. The van der Waals surface area contributed by atoms with Crippen molar-refractivity contribution in [2.24, 2.45) is 29.0 Å². The molecule has 0 saturated heterocycles. The lowest BCUT2D eigenvalue weighted by Gasteiger charge is -2.30. The molecule has 0 spiro atoms. The number of carboxylic acid groups (broad SMARTS) is 1. The van der Waals surface area contributed by atoms with Gasteiger partial charge in [-0.05, 0) is 68.4 Å². The first kappa shape index (κ1) is 103. The minimum Gasteiger partial charge on any atom is -0.481 e. The molecular formula is C73H116N24O20S2. The van der Waals surface area contributed by atoms with Gasteiger partial charge in [0.2, 0.25) is 88.6 Å². The highest BCUT2D eigenvalue weighted by Crippen LogP contribution is 2.15. The standard InChI is InChI=1S/C73H116N24O20S2/c1-7-38(3)57(69(116)92-49(30-56(104)105)64(111)89-46(24-17-27-82-73(78)79)62(109)97-58(39(4)8-2)70(117)95-53(37-119)68(115)91-48(29-43-20-13-10-14-21-43)63(110)87-44(33-98)22-15-25-80-71(74)75)96-61(108)45(23-16-26-81-72(76)77)88-55(103)32-83-54(102)31-84-60(107)47(28-42-18-11-9-12-19-42)90-59(106)40(5)85-67(114)52(36-118)94-66(113)51(35-100)93-65(112)50(34-99)86-41(6)101/h9-14,18-21,33,38-40,44-53,57-58,99-100,118-119H,7-8,15-17,22-32,34-37H2,1-6H3,(H,83,102)(H,84,107)(H,85,114)(H,86,101)(H,87,110)(H,88,103)(H,89,111)(H,90,106)(H,91,115)(H,92,116)(H,93,112)(H,94,113)(H,95,117)(H,96,108)(H,97,109)(H,104,105)(H4,74,75,80)(H4,76,77,81)(H4,78,79,82)/t38-,39-,40+,44-,45-,46-,47-,48-,49-,50-,51-,52-,53-,57-,58-/m0/s1. The molecule has 0 aliphatic rings. The SMILES string of the molecule is CC[C@H](C)[C@H](NC(=O)[C@H](CCCNC(=N)N)NC(=O)CNC(=O)CNC(=O)[C@H](Cc1ccccc1)NC(=O)[C@@H](C)NC(=O)[C@H](CS)NC(=O)[C@H](CO)NC(=O)[C@H](CO)NC(C)=O)C(=O)N[C@@H](CC(=O)O)C(=O)N[C@@H](CCCNC(=N)N)C(=O)N[C@H](C(=O)N[C@@H](CS)C(=O)N[C@@H](Cc1ccccc1)C(=O)N[C@H](C=O)CCCNC(=N)N)[C@@H](C)CC. The average Bonchev–Trinajstić information content (AvgIpc) is 0.904. The number of hydrogen-bond acceptors (Lipinski definition) is 24. The Hall–Kier alpha value is -11.9. The number of aliphatic carboxylic acids is 1. The Bertz CT molecular complexity index is 3780. The Morgan fingerprint density at radius 3 is 1.18 bits per heavy atom. The van der Waals surface area contributed by atoms with Crippen LogP contribution in [-0.4, -0.2) is 270 Å². The van der Waals surface area contributed by atoms with Crippen LogP contribution in [-0.2, 0) is 94.3 Å². The molecule has 0 bridgehead atoms. The number of hydrogen-bond donors (Lipinski definition) is 29. The molecule has 660 valence electrons. The third-order valence-corrected chi connectivity index (χ3v) is 18.9. The van der Waals surface area contributed by atoms with Crippen LogP contribution in [0.4, 0.5) is 0 Å². The van der Waals surface area contributed by atoms with Crippen molar-refractivity contribution in [2.45, 2.75) is 191 Å². The van der Waals surface area contributed by atoms with Crippen LogP contribution < -0.4 is 113 Å². The van der Waals surface area contributed by atoms with Gasteiger partial charge in [-0.2, -0.15) is 25.3 Å². The van der Waals surface area contributed by atoms with Crippen LogP contribution in [0.25, 0.3) is 0 Å². The number of rotatable bonds is 56. The maximum atomic E-state index is 14.6. The number of aliphatic hydroxyl groups is 2. The molecule has 0 aliphatic carbocycles. The van der Waals surface area contributed by atoms with Gasteiger partial charge in [0.1, 0.15) is 78.8 Å². The Morgan fingerprint density at radius 1 is 0.403 bits per heavy atom. The number of aldehydes is 1. The summed E-state index contributed by atoms with van der Waals surface area (Å²) in [5.74, 6) is -19.5. The minimum atomic E-state index is -1.99. The highest BCUT2D eigenvalue weighted by molar-refractivity contribution is 7.80. The summed E-state index contributed by atoms with van der Waals surface area (Å²) in [6.45, 7) is 5.45. The fraction of sp³-hybridized carbons (Fsp3) is 0.562. The first-order valence-electron chi connectivity index (χ1n) is 38.2. The Labute approximate surface area is 698 Å². The van der Waals surface area contributed by atoms with Crippen LogP contribution in [0.1, 0.15) is 110 Å². The molecule has 0 fully saturated rings. The van der Waals surface area contributed by atoms with Gasteiger partial charge in [0, 0.05) is 50.9 Å². The van der Waals surface area contributed by atoms with Gasteiger partial charge in [-0.15, -0.1) is 0 Å². The number of amides is 15. The van der Waals surface area contributed by atoms with Gasteiger partial charge in [0.05, 0.1) is 38.8 Å². The summed E-state index contributed by atoms with van der Waals surface area (Å²) >= 11 is 8.41. The molecule has 119 heavy (non-hydrogen) atoms. The number of benzene rings is 2. The third-order valence-electron chi connectivity index (χ3n) is 18.1. The quantitative estimate of drug-likeness (QED) is 0.00961. The molecule has 2 rings (SSSR count). The summed E-state index contributed by atoms with van der Waals surface area (Å²) < 4.78 is 0. The summed E-state index contributed by atoms with van der Waals surface area (Å²) in [5.41, 5.74) is 17.5. The van der Waals surface area contributed by atoms with E-state index in [2.05, 4.69) is 121 Å². The van der Waals surface area contributed by atoms with Gasteiger partial charge in [-0.1, -0.05) is 101 Å². The van der Waals surface area contributed by atoms with Gasteiger partial charge in [-0.25, -0.2) is 0 Å². The average molecular weight is 1710 g/mol. The van der Waals surface area contributed by atoms with E-state index in [1.807, 2.05) is 0 Å². The molecule has 15 atom stereocenters. The van der Waals surface area contributed by atoms with Crippen molar-refractivity contribution in [2.75, 3.05) is 57.4 Å². The molecule has 0 unspecified atom stereocenters. The monoisotopic (exact) mass is 1710 g/mol. The molecule has 0 radical (unpaired) electrons. The molecule has 46 heteroatoms. The minimum absolute atomic E-state index is 0.00564. The van der Waals surface area contributed by atoms with Gasteiger partial charge in [-0.3, -0.25) is 92.9 Å². The Balaban J connectivity index is 2.37. The molecule has 2 aromatic rings. The van der Waals surface area contributed by atoms with Gasteiger partial charge in [0.15, 0.2) is 17.9 Å². The summed E-state index contributed by atoms with van der Waals surface area (Å²) in [4.78, 5) is 230. The second-order valence-electron chi connectivity index (χ2n) is 27.7. The van der Waals surface area contributed by atoms with E-state index in [0.29, 0.717) is 23.8 Å². The van der Waals surface area contributed by atoms with E-state index in [4.69, 9.17) is 33.4 Å². The summed E-state index contributed by atoms with van der Waals surface area (Å²) in [7, 11) is 0. The number of thiol groups is 2. The maximum absolute atomic E-state index is 14.6. The molecule has 30 N–H and O–H groups in total. The van der Waals surface area contributed by atoms with E-state index in [1.165, 1.54) is 13.8 Å². The molecule has 2 aromatic carbocycles. The Morgan fingerprint density at radius 2 is 0.756 bits per heavy atom. The van der Waals surface area contributed by atoms with Crippen molar-refractivity contribution in [1.29, 1.82) is 16.2 Å². The number of carbonyl (C=O) groups excluding carboxylic acids is 16. The van der Waals surface area contributed by atoms with Crippen LogP contribution in [0, 0.1) is 28.1 Å². The van der Waals surface area contributed by atoms with Crippen LogP contribution >= 0.6 is 25.3 Å².